The van der Waals surface area contributed by atoms with E-state index in [0.717, 1.165) is 6.20 Å². The molecule has 1 heterocycles. The van der Waals surface area contributed by atoms with Crippen molar-refractivity contribution < 1.29 is 19.3 Å². The summed E-state index contributed by atoms with van der Waals surface area (Å²) in [7, 11) is -4.39. The third-order valence-electron chi connectivity index (χ3n) is 2.21. The minimum atomic E-state index is -4.39. The summed E-state index contributed by atoms with van der Waals surface area (Å²) < 4.78 is 11.0. The number of fused-ring (bicyclic) bond motifs is 1. The Morgan fingerprint density at radius 2 is 2.06 bits per heavy atom. The van der Waals surface area contributed by atoms with Crippen molar-refractivity contribution in [2.24, 2.45) is 0 Å². The SMILES string of the molecule is O=[N+]([O-])c1cccc2cc(P(=O)(O)O)cnc12. The number of hydrogen-bond acceptors (Lipinski definition) is 4. The Bertz CT molecular complexity index is 651. The fraction of sp³-hybridized carbons (Fsp3) is 0. The summed E-state index contributed by atoms with van der Waals surface area (Å²) in [5.41, 5.74) is -0.0885. The number of hydrogen-bond donors (Lipinski definition) is 2. The number of aromatic nitrogens is 1. The van der Waals surface area contributed by atoms with Crippen molar-refractivity contribution in [3.63, 3.8) is 0 Å². The molecule has 0 saturated heterocycles. The van der Waals surface area contributed by atoms with Gasteiger partial charge in [0.25, 0.3) is 5.69 Å². The van der Waals surface area contributed by atoms with Crippen LogP contribution in [0.2, 0.25) is 0 Å². The summed E-state index contributed by atoms with van der Waals surface area (Å²) in [6.07, 6.45) is 0.954. The van der Waals surface area contributed by atoms with Crippen LogP contribution in [0.25, 0.3) is 10.9 Å². The van der Waals surface area contributed by atoms with E-state index in [1.807, 2.05) is 0 Å². The third kappa shape index (κ3) is 2.16. The lowest BCUT2D eigenvalue weighted by Gasteiger charge is -2.04. The fourth-order valence-electron chi connectivity index (χ4n) is 1.44. The van der Waals surface area contributed by atoms with Crippen molar-refractivity contribution in [3.05, 3.63) is 40.6 Å². The van der Waals surface area contributed by atoms with Crippen LogP contribution in [-0.4, -0.2) is 19.7 Å². The summed E-state index contributed by atoms with van der Waals surface area (Å²) in [6, 6.07) is 5.43. The quantitative estimate of drug-likeness (QED) is 0.468. The van der Waals surface area contributed by atoms with E-state index in [2.05, 4.69) is 4.98 Å². The number of para-hydroxylation sites is 1. The van der Waals surface area contributed by atoms with Crippen LogP contribution in [0.1, 0.15) is 0 Å². The number of nitro benzene ring substituents is 1. The van der Waals surface area contributed by atoms with Crippen molar-refractivity contribution in [2.75, 3.05) is 0 Å². The predicted octanol–water partition coefficient (Wildman–Crippen LogP) is 0.946. The van der Waals surface area contributed by atoms with Gasteiger partial charge in [0, 0.05) is 17.6 Å². The molecule has 0 bridgehead atoms. The summed E-state index contributed by atoms with van der Waals surface area (Å²) in [5.74, 6) is 0. The minimum absolute atomic E-state index is 0.106. The maximum absolute atomic E-state index is 11.0. The van der Waals surface area contributed by atoms with E-state index < -0.39 is 12.5 Å². The van der Waals surface area contributed by atoms with Crippen molar-refractivity contribution in [1.29, 1.82) is 0 Å². The molecule has 2 N–H and O–H groups in total. The molecule has 0 aliphatic carbocycles. The molecule has 0 amide bonds. The van der Waals surface area contributed by atoms with E-state index in [9.17, 15) is 14.7 Å². The smallest absolute Gasteiger partial charge is 0.321 e. The van der Waals surface area contributed by atoms with Gasteiger partial charge in [-0.25, -0.2) is 4.98 Å². The molecule has 2 rings (SSSR count). The molecule has 0 unspecified atom stereocenters. The Kier molecular flexibility index (Phi) is 2.66. The maximum Gasteiger partial charge on any atom is 0.357 e. The van der Waals surface area contributed by atoms with E-state index in [1.54, 1.807) is 0 Å². The molecular weight excluding hydrogens is 247 g/mol. The standard InChI is InChI=1S/C9H7N2O5P/c12-11(13)8-3-1-2-6-4-7(17(14,15)16)5-10-9(6)8/h1-5H,(H2,14,15,16). The maximum atomic E-state index is 11.0. The summed E-state index contributed by atoms with van der Waals surface area (Å²) in [6.45, 7) is 0. The molecule has 0 fully saturated rings. The van der Waals surface area contributed by atoms with Gasteiger partial charge in [-0.2, -0.15) is 0 Å². The van der Waals surface area contributed by atoms with Crippen LogP contribution in [0.15, 0.2) is 30.5 Å². The van der Waals surface area contributed by atoms with Crippen LogP contribution in [0.5, 0.6) is 0 Å². The van der Waals surface area contributed by atoms with Crippen LogP contribution in [0.4, 0.5) is 5.69 Å². The molecule has 8 heteroatoms. The molecule has 0 aliphatic heterocycles. The molecule has 1 aromatic carbocycles. The largest absolute Gasteiger partial charge is 0.357 e. The number of benzene rings is 1. The minimum Gasteiger partial charge on any atom is -0.321 e. The zero-order valence-corrected chi connectivity index (χ0v) is 9.24. The average Bonchev–Trinajstić information content (AvgIpc) is 2.26. The van der Waals surface area contributed by atoms with Gasteiger partial charge in [0.05, 0.1) is 10.2 Å². The molecule has 17 heavy (non-hydrogen) atoms. The monoisotopic (exact) mass is 254 g/mol. The van der Waals surface area contributed by atoms with E-state index in [1.165, 1.54) is 24.3 Å². The number of nitrogens with zero attached hydrogens (tertiary/aromatic N) is 2. The van der Waals surface area contributed by atoms with Gasteiger partial charge in [-0.05, 0) is 6.07 Å². The lowest BCUT2D eigenvalue weighted by Crippen LogP contribution is -2.05. The highest BCUT2D eigenvalue weighted by atomic mass is 31.2. The second-order valence-electron chi connectivity index (χ2n) is 3.34. The van der Waals surface area contributed by atoms with Gasteiger partial charge in [-0.1, -0.05) is 12.1 Å². The van der Waals surface area contributed by atoms with Crippen molar-refractivity contribution in [1.82, 2.24) is 4.98 Å². The normalized spacial score (nSPS) is 11.6. The van der Waals surface area contributed by atoms with Crippen LogP contribution in [0, 0.1) is 10.1 Å². The van der Waals surface area contributed by atoms with Gasteiger partial charge >= 0.3 is 7.60 Å². The molecule has 1 aromatic heterocycles. The lowest BCUT2D eigenvalue weighted by atomic mass is 10.2. The number of pyridine rings is 1. The molecular formula is C9H7N2O5P. The van der Waals surface area contributed by atoms with Crippen molar-refractivity contribution >= 4 is 29.5 Å². The first-order valence-electron chi connectivity index (χ1n) is 4.49. The van der Waals surface area contributed by atoms with Gasteiger partial charge in [-0.15, -0.1) is 0 Å². The highest BCUT2D eigenvalue weighted by Crippen LogP contribution is 2.34. The molecule has 0 saturated carbocycles. The average molecular weight is 254 g/mol. The topological polar surface area (TPSA) is 114 Å². The fourth-order valence-corrected chi connectivity index (χ4v) is 1.96. The predicted molar refractivity (Wildman–Crippen MR) is 60.1 cm³/mol. The van der Waals surface area contributed by atoms with Crippen molar-refractivity contribution in [2.45, 2.75) is 0 Å². The lowest BCUT2D eigenvalue weighted by molar-refractivity contribution is -0.383. The Morgan fingerprint density at radius 3 is 2.65 bits per heavy atom. The molecule has 2 aromatic rings. The Balaban J connectivity index is 2.74. The van der Waals surface area contributed by atoms with E-state index in [0.29, 0.717) is 5.39 Å². The second-order valence-corrected chi connectivity index (χ2v) is 4.95. The van der Waals surface area contributed by atoms with Crippen molar-refractivity contribution in [3.8, 4) is 0 Å². The Labute approximate surface area is 95.0 Å². The first kappa shape index (κ1) is 11.7. The first-order valence-corrected chi connectivity index (χ1v) is 6.10. The van der Waals surface area contributed by atoms with Crippen LogP contribution in [-0.2, 0) is 4.57 Å². The third-order valence-corrected chi connectivity index (χ3v) is 3.13. The van der Waals surface area contributed by atoms with Gasteiger partial charge in [0.15, 0.2) is 0 Å². The molecule has 88 valence electrons. The first-order chi connectivity index (χ1) is 7.89. The van der Waals surface area contributed by atoms with Gasteiger partial charge < -0.3 is 9.79 Å². The van der Waals surface area contributed by atoms with E-state index in [4.69, 9.17) is 9.79 Å². The molecule has 0 aliphatic rings. The Morgan fingerprint density at radius 1 is 1.35 bits per heavy atom. The summed E-state index contributed by atoms with van der Waals surface area (Å²) in [5, 5.41) is 10.8. The van der Waals surface area contributed by atoms with E-state index in [-0.39, 0.29) is 16.5 Å². The van der Waals surface area contributed by atoms with E-state index >= 15 is 0 Å². The molecule has 0 radical (unpaired) electrons. The van der Waals surface area contributed by atoms with Gasteiger partial charge in [0.2, 0.25) is 0 Å². The highest BCUT2D eigenvalue weighted by Gasteiger charge is 2.20. The number of rotatable bonds is 2. The molecule has 7 nitrogen and oxygen atoms in total. The second kappa shape index (κ2) is 3.89. The molecule has 0 atom stereocenters. The van der Waals surface area contributed by atoms with Crippen LogP contribution in [0.3, 0.4) is 0 Å². The summed E-state index contributed by atoms with van der Waals surface area (Å²) >= 11 is 0. The zero-order valence-electron chi connectivity index (χ0n) is 8.35. The number of non-ortho nitro benzene ring substituents is 1. The molecule has 0 spiro atoms. The Hall–Kier alpha value is -1.82. The zero-order chi connectivity index (χ0) is 12.6. The van der Waals surface area contributed by atoms with Gasteiger partial charge in [-0.3, -0.25) is 14.7 Å². The number of nitro groups is 1. The van der Waals surface area contributed by atoms with Crippen LogP contribution < -0.4 is 5.30 Å². The van der Waals surface area contributed by atoms with Gasteiger partial charge in [0.1, 0.15) is 5.52 Å². The summed E-state index contributed by atoms with van der Waals surface area (Å²) in [4.78, 5) is 31.8. The highest BCUT2D eigenvalue weighted by molar-refractivity contribution is 7.60. The van der Waals surface area contributed by atoms with Crippen LogP contribution >= 0.6 is 7.60 Å².